The van der Waals surface area contributed by atoms with Crippen LogP contribution in [0.2, 0.25) is 0 Å². The summed E-state index contributed by atoms with van der Waals surface area (Å²) in [5.41, 5.74) is 2.66. The van der Waals surface area contributed by atoms with E-state index in [4.69, 9.17) is 27.5 Å². The van der Waals surface area contributed by atoms with Gasteiger partial charge in [0.1, 0.15) is 12.4 Å². The summed E-state index contributed by atoms with van der Waals surface area (Å²) in [7, 11) is 0. The molecule has 3 N–H and O–H groups in total. The second-order valence-electron chi connectivity index (χ2n) is 9.52. The predicted molar refractivity (Wildman–Crippen MR) is 138 cm³/mol. The molecule has 2 fully saturated rings. The first-order chi connectivity index (χ1) is 19.2. The highest BCUT2D eigenvalue weighted by Gasteiger charge is 2.40. The number of nitrogens with one attached hydrogen (secondary N) is 1. The molecule has 2 aromatic rings. The Balaban J connectivity index is 1.74. The van der Waals surface area contributed by atoms with Crippen molar-refractivity contribution in [2.45, 2.75) is 50.7 Å². The van der Waals surface area contributed by atoms with Gasteiger partial charge in [-0.3, -0.25) is 10.3 Å². The molecule has 0 bridgehead atoms. The second kappa shape index (κ2) is 11.6. The van der Waals surface area contributed by atoms with E-state index in [0.717, 1.165) is 6.20 Å². The second-order valence-corrected chi connectivity index (χ2v) is 9.92. The van der Waals surface area contributed by atoms with Crippen molar-refractivity contribution in [2.24, 2.45) is 5.73 Å². The lowest BCUT2D eigenvalue weighted by molar-refractivity contribution is -0.143. The molecule has 0 radical (unpaired) electrons. The fourth-order valence-electron chi connectivity index (χ4n) is 4.90. The van der Waals surface area contributed by atoms with Crippen molar-refractivity contribution in [1.29, 1.82) is 5.41 Å². The quantitative estimate of drug-likeness (QED) is 0.249. The van der Waals surface area contributed by atoms with Gasteiger partial charge in [-0.25, -0.2) is 14.8 Å². The number of nitrogens with zero attached hydrogens (tertiary/aromatic N) is 5. The number of halogens is 7. The van der Waals surface area contributed by atoms with E-state index < -0.39 is 42.2 Å². The average molecular weight is 606 g/mol. The number of aromatic nitrogens is 2. The number of rotatable bonds is 7. The molecule has 41 heavy (non-hydrogen) atoms. The van der Waals surface area contributed by atoms with Crippen molar-refractivity contribution >= 4 is 35.2 Å². The molecule has 9 nitrogen and oxygen atoms in total. The van der Waals surface area contributed by atoms with Gasteiger partial charge in [0.15, 0.2) is 0 Å². The van der Waals surface area contributed by atoms with Crippen molar-refractivity contribution in [3.05, 3.63) is 58.5 Å². The molecule has 4 rings (SSSR count). The van der Waals surface area contributed by atoms with E-state index in [9.17, 15) is 31.1 Å². The fourth-order valence-corrected chi connectivity index (χ4v) is 5.00. The molecule has 0 saturated carbocycles. The first-order valence-electron chi connectivity index (χ1n) is 12.5. The molecule has 1 amide bonds. The maximum Gasteiger partial charge on any atom is 0.416 e. The SMILES string of the molecule is CCC1CC(N(Cc2cc(C(F)(F)F)cc(C(F)(F)F)c2)c2ncc(N3CCOC3=O)cn2)CN1C(=N)C(Cl)=CN. The van der Waals surface area contributed by atoms with Crippen LogP contribution in [0.5, 0.6) is 0 Å². The average Bonchev–Trinajstić information content (AvgIpc) is 3.56. The summed E-state index contributed by atoms with van der Waals surface area (Å²) in [6, 6.07) is 0.637. The van der Waals surface area contributed by atoms with Gasteiger partial charge in [-0.05, 0) is 36.6 Å². The Hall–Kier alpha value is -3.75. The first-order valence-corrected chi connectivity index (χ1v) is 12.8. The smallest absolute Gasteiger partial charge is 0.416 e. The summed E-state index contributed by atoms with van der Waals surface area (Å²) in [5, 5.41) is 8.40. The summed E-state index contributed by atoms with van der Waals surface area (Å²) in [4.78, 5) is 25.0. The Bertz CT molecular complexity index is 1290. The Morgan fingerprint density at radius 3 is 2.27 bits per heavy atom. The van der Waals surface area contributed by atoms with Gasteiger partial charge < -0.3 is 20.3 Å². The maximum atomic E-state index is 13.6. The topological polar surface area (TPSA) is 112 Å². The summed E-state index contributed by atoms with van der Waals surface area (Å²) >= 11 is 6.08. The number of benzene rings is 1. The van der Waals surface area contributed by atoms with Crippen LogP contribution in [0, 0.1) is 5.41 Å². The number of cyclic esters (lactones) is 1. The molecule has 1 aromatic carbocycles. The highest BCUT2D eigenvalue weighted by atomic mass is 35.5. The molecule has 16 heteroatoms. The lowest BCUT2D eigenvalue weighted by Gasteiger charge is -2.30. The zero-order chi connectivity index (χ0) is 30.1. The summed E-state index contributed by atoms with van der Waals surface area (Å²) in [5.74, 6) is -0.0494. The Morgan fingerprint density at radius 1 is 1.17 bits per heavy atom. The molecule has 0 spiro atoms. The minimum Gasteiger partial charge on any atom is -0.447 e. The van der Waals surface area contributed by atoms with Gasteiger partial charge in [0, 0.05) is 25.3 Å². The lowest BCUT2D eigenvalue weighted by Crippen LogP contribution is -2.40. The van der Waals surface area contributed by atoms with Crippen molar-refractivity contribution in [2.75, 3.05) is 29.5 Å². The molecule has 2 saturated heterocycles. The third kappa shape index (κ3) is 6.60. The van der Waals surface area contributed by atoms with Crippen molar-refractivity contribution < 1.29 is 35.9 Å². The standard InChI is InChI=1S/C25H26ClF6N7O2/c1-2-17-8-18(13-38(17)21(34)20(26)9-33)39(22-35-10-19(11-36-22)37-3-4-41-23(37)40)12-14-5-15(24(27,28)29)7-16(6-14)25(30,31)32/h5-7,9-11,17-18,34H,2-4,8,12-13,33H2,1H3. The van der Waals surface area contributed by atoms with Crippen LogP contribution < -0.4 is 15.5 Å². The van der Waals surface area contributed by atoms with E-state index in [1.54, 1.807) is 4.90 Å². The number of carbonyl (C=O) groups is 1. The van der Waals surface area contributed by atoms with Crippen molar-refractivity contribution in [3.63, 3.8) is 0 Å². The van der Waals surface area contributed by atoms with Gasteiger partial charge in [-0.1, -0.05) is 18.5 Å². The molecule has 2 aliphatic heterocycles. The van der Waals surface area contributed by atoms with E-state index in [2.05, 4.69) is 9.97 Å². The zero-order valence-electron chi connectivity index (χ0n) is 21.6. The van der Waals surface area contributed by atoms with Crippen LogP contribution in [0.1, 0.15) is 36.5 Å². The van der Waals surface area contributed by atoms with Gasteiger partial charge in [0.25, 0.3) is 0 Å². The van der Waals surface area contributed by atoms with Gasteiger partial charge in [-0.2, -0.15) is 26.3 Å². The van der Waals surface area contributed by atoms with Gasteiger partial charge in [-0.15, -0.1) is 0 Å². The van der Waals surface area contributed by atoms with E-state index in [1.807, 2.05) is 6.92 Å². The van der Waals surface area contributed by atoms with Crippen LogP contribution in [0.4, 0.5) is 42.8 Å². The van der Waals surface area contributed by atoms with E-state index in [1.165, 1.54) is 22.2 Å². The molecule has 2 unspecified atom stereocenters. The van der Waals surface area contributed by atoms with Gasteiger partial charge >= 0.3 is 18.4 Å². The number of amides is 1. The minimum absolute atomic E-state index is 0.0125. The van der Waals surface area contributed by atoms with Crippen molar-refractivity contribution in [3.8, 4) is 0 Å². The number of hydrogen-bond donors (Lipinski definition) is 2. The Morgan fingerprint density at radius 2 is 1.78 bits per heavy atom. The number of nitrogens with two attached hydrogens (primary N) is 1. The first kappa shape index (κ1) is 30.2. The fraction of sp³-hybridized carbons (Fsp3) is 0.440. The number of alkyl halides is 6. The molecule has 1 aromatic heterocycles. The Kier molecular flexibility index (Phi) is 8.57. The third-order valence-electron chi connectivity index (χ3n) is 6.92. The number of carbonyl (C=O) groups excluding carboxylic acids is 1. The Labute approximate surface area is 236 Å². The van der Waals surface area contributed by atoms with Crippen molar-refractivity contribution in [1.82, 2.24) is 14.9 Å². The summed E-state index contributed by atoms with van der Waals surface area (Å²) in [6.45, 7) is 2.06. The molecule has 3 heterocycles. The van der Waals surface area contributed by atoms with E-state index in [0.29, 0.717) is 30.7 Å². The number of likely N-dealkylation sites (tertiary alicyclic amines) is 1. The molecule has 0 aliphatic carbocycles. The molecular formula is C25H26ClF6N7O2. The predicted octanol–water partition coefficient (Wildman–Crippen LogP) is 5.35. The van der Waals surface area contributed by atoms with Crippen LogP contribution in [0.15, 0.2) is 41.8 Å². The number of ether oxygens (including phenoxy) is 1. The number of hydrogen-bond acceptors (Lipinski definition) is 7. The number of anilines is 2. The summed E-state index contributed by atoms with van der Waals surface area (Å²) in [6.07, 6.45) is -5.95. The van der Waals surface area contributed by atoms with Crippen LogP contribution in [-0.2, 0) is 23.6 Å². The monoisotopic (exact) mass is 605 g/mol. The highest BCUT2D eigenvalue weighted by molar-refractivity contribution is 6.42. The molecule has 222 valence electrons. The van der Waals surface area contributed by atoms with Crippen LogP contribution >= 0.6 is 11.6 Å². The van der Waals surface area contributed by atoms with E-state index >= 15 is 0 Å². The highest BCUT2D eigenvalue weighted by Crippen LogP contribution is 2.37. The maximum absolute atomic E-state index is 13.6. The molecule has 2 aliphatic rings. The van der Waals surface area contributed by atoms with Crippen LogP contribution in [-0.4, -0.2) is 58.6 Å². The van der Waals surface area contributed by atoms with Crippen LogP contribution in [0.3, 0.4) is 0 Å². The largest absolute Gasteiger partial charge is 0.447 e. The third-order valence-corrected chi connectivity index (χ3v) is 7.22. The van der Waals surface area contributed by atoms with E-state index in [-0.39, 0.29) is 54.2 Å². The normalized spacial score (nSPS) is 20.0. The summed E-state index contributed by atoms with van der Waals surface area (Å²) < 4.78 is 86.3. The molecule has 2 atom stereocenters. The van der Waals surface area contributed by atoms with Gasteiger partial charge in [0.05, 0.1) is 46.8 Å². The zero-order valence-corrected chi connectivity index (χ0v) is 22.4. The van der Waals surface area contributed by atoms with Gasteiger partial charge in [0.2, 0.25) is 5.95 Å². The molecular weight excluding hydrogens is 580 g/mol. The lowest BCUT2D eigenvalue weighted by atomic mass is 10.0. The number of amidine groups is 1. The van der Waals surface area contributed by atoms with Crippen LogP contribution in [0.25, 0.3) is 0 Å². The minimum atomic E-state index is -5.01.